The third kappa shape index (κ3) is 2.44. The Hall–Kier alpha value is -1.66. The molecule has 1 aliphatic rings. The van der Waals surface area contributed by atoms with Gasteiger partial charge in [-0.1, -0.05) is 0 Å². The number of aromatic carboxylic acids is 1. The minimum atomic E-state index is -0.954. The largest absolute Gasteiger partial charge is 0.478 e. The lowest BCUT2D eigenvalue weighted by atomic mass is 10.2. The van der Waals surface area contributed by atoms with Gasteiger partial charge in [-0.25, -0.2) is 9.78 Å². The van der Waals surface area contributed by atoms with Crippen LogP contribution in [0.3, 0.4) is 0 Å². The average molecular weight is 252 g/mol. The van der Waals surface area contributed by atoms with Gasteiger partial charge in [0.1, 0.15) is 18.0 Å². The molecule has 0 radical (unpaired) electrons. The van der Waals surface area contributed by atoms with Gasteiger partial charge < -0.3 is 19.5 Å². The number of rotatable bonds is 4. The molecule has 2 unspecified atom stereocenters. The zero-order valence-corrected chi connectivity index (χ0v) is 10.4. The third-order valence-electron chi connectivity index (χ3n) is 3.14. The predicted molar refractivity (Wildman–Crippen MR) is 65.0 cm³/mol. The van der Waals surface area contributed by atoms with E-state index in [2.05, 4.69) is 4.98 Å². The summed E-state index contributed by atoms with van der Waals surface area (Å²) in [7, 11) is 3.28. The number of carbonyl (C=O) groups is 1. The maximum absolute atomic E-state index is 10.9. The maximum Gasteiger partial charge on any atom is 0.335 e. The molecular weight excluding hydrogens is 236 g/mol. The van der Waals surface area contributed by atoms with Gasteiger partial charge in [0.05, 0.1) is 5.56 Å². The van der Waals surface area contributed by atoms with Crippen molar-refractivity contribution in [2.24, 2.45) is 0 Å². The topological polar surface area (TPSA) is 71.9 Å². The Kier molecular flexibility index (Phi) is 3.78. The van der Waals surface area contributed by atoms with Gasteiger partial charge in [0, 0.05) is 33.5 Å². The minimum absolute atomic E-state index is 0.0229. The Labute approximate surface area is 105 Å². The molecule has 1 aromatic rings. The SMILES string of the molecule is COC1CN(c2cc(C(=O)O)ccn2)CC1OC. The molecule has 2 rings (SSSR count). The van der Waals surface area contributed by atoms with E-state index in [1.165, 1.54) is 12.3 Å². The lowest BCUT2D eigenvalue weighted by Gasteiger charge is -2.16. The van der Waals surface area contributed by atoms with Crippen molar-refractivity contribution in [1.82, 2.24) is 4.98 Å². The Bertz CT molecular complexity index is 426. The molecule has 0 bridgehead atoms. The number of hydrogen-bond acceptors (Lipinski definition) is 5. The number of aromatic nitrogens is 1. The van der Waals surface area contributed by atoms with Crippen LogP contribution in [0.25, 0.3) is 0 Å². The van der Waals surface area contributed by atoms with E-state index in [1.54, 1.807) is 20.3 Å². The van der Waals surface area contributed by atoms with Crippen LogP contribution in [0.1, 0.15) is 10.4 Å². The molecule has 1 aliphatic heterocycles. The Morgan fingerprint density at radius 3 is 2.50 bits per heavy atom. The van der Waals surface area contributed by atoms with E-state index in [0.29, 0.717) is 18.9 Å². The summed E-state index contributed by atoms with van der Waals surface area (Å²) in [6.07, 6.45) is 1.45. The lowest BCUT2D eigenvalue weighted by molar-refractivity contribution is -0.00461. The number of carboxylic acids is 1. The molecule has 1 N–H and O–H groups in total. The summed E-state index contributed by atoms with van der Waals surface area (Å²) in [6, 6.07) is 3.04. The van der Waals surface area contributed by atoms with Crippen molar-refractivity contribution in [3.8, 4) is 0 Å². The summed E-state index contributed by atoms with van der Waals surface area (Å²) in [5, 5.41) is 8.95. The van der Waals surface area contributed by atoms with Crippen LogP contribution in [-0.2, 0) is 9.47 Å². The van der Waals surface area contributed by atoms with Gasteiger partial charge in [-0.3, -0.25) is 0 Å². The van der Waals surface area contributed by atoms with Crippen LogP contribution < -0.4 is 4.90 Å². The molecule has 98 valence electrons. The Morgan fingerprint density at radius 2 is 2.00 bits per heavy atom. The van der Waals surface area contributed by atoms with Crippen molar-refractivity contribution in [1.29, 1.82) is 0 Å². The second-order valence-electron chi connectivity index (χ2n) is 4.16. The molecular formula is C12H16N2O4. The van der Waals surface area contributed by atoms with Crippen molar-refractivity contribution >= 4 is 11.8 Å². The molecule has 1 saturated heterocycles. The van der Waals surface area contributed by atoms with Crippen molar-refractivity contribution in [2.75, 3.05) is 32.2 Å². The van der Waals surface area contributed by atoms with Crippen LogP contribution in [0.5, 0.6) is 0 Å². The molecule has 1 aromatic heterocycles. The van der Waals surface area contributed by atoms with E-state index in [-0.39, 0.29) is 17.8 Å². The van der Waals surface area contributed by atoms with Crippen molar-refractivity contribution in [3.63, 3.8) is 0 Å². The molecule has 18 heavy (non-hydrogen) atoms. The van der Waals surface area contributed by atoms with Gasteiger partial charge >= 0.3 is 5.97 Å². The molecule has 6 nitrogen and oxygen atoms in total. The van der Waals surface area contributed by atoms with Crippen LogP contribution in [0.15, 0.2) is 18.3 Å². The number of ether oxygens (including phenoxy) is 2. The van der Waals surface area contributed by atoms with E-state index in [0.717, 1.165) is 0 Å². The second-order valence-corrected chi connectivity index (χ2v) is 4.16. The zero-order valence-electron chi connectivity index (χ0n) is 10.4. The van der Waals surface area contributed by atoms with Gasteiger partial charge in [-0.05, 0) is 12.1 Å². The normalized spacial score (nSPS) is 23.3. The van der Waals surface area contributed by atoms with E-state index in [4.69, 9.17) is 14.6 Å². The summed E-state index contributed by atoms with van der Waals surface area (Å²) in [5.74, 6) is -0.319. The lowest BCUT2D eigenvalue weighted by Crippen LogP contribution is -2.27. The van der Waals surface area contributed by atoms with E-state index in [9.17, 15) is 4.79 Å². The number of pyridine rings is 1. The highest BCUT2D eigenvalue weighted by molar-refractivity contribution is 5.88. The predicted octanol–water partition coefficient (Wildman–Crippen LogP) is 0.630. The van der Waals surface area contributed by atoms with Gasteiger partial charge in [0.15, 0.2) is 0 Å². The second kappa shape index (κ2) is 5.32. The molecule has 2 atom stereocenters. The smallest absolute Gasteiger partial charge is 0.335 e. The fraction of sp³-hybridized carbons (Fsp3) is 0.500. The highest BCUT2D eigenvalue weighted by Crippen LogP contribution is 2.22. The quantitative estimate of drug-likeness (QED) is 0.847. The average Bonchev–Trinajstić information content (AvgIpc) is 2.82. The number of carboxylic acid groups (broad SMARTS) is 1. The van der Waals surface area contributed by atoms with E-state index in [1.807, 2.05) is 4.90 Å². The maximum atomic E-state index is 10.9. The van der Waals surface area contributed by atoms with Gasteiger partial charge in [0.2, 0.25) is 0 Å². The van der Waals surface area contributed by atoms with Gasteiger partial charge in [-0.2, -0.15) is 0 Å². The summed E-state index contributed by atoms with van der Waals surface area (Å²) in [6.45, 7) is 1.29. The molecule has 2 heterocycles. The van der Waals surface area contributed by atoms with Crippen LogP contribution in [0.2, 0.25) is 0 Å². The number of hydrogen-bond donors (Lipinski definition) is 1. The summed E-state index contributed by atoms with van der Waals surface area (Å²) < 4.78 is 10.7. The number of nitrogens with zero attached hydrogens (tertiary/aromatic N) is 2. The van der Waals surface area contributed by atoms with Crippen LogP contribution in [0.4, 0.5) is 5.82 Å². The highest BCUT2D eigenvalue weighted by atomic mass is 16.5. The molecule has 6 heteroatoms. The fourth-order valence-corrected chi connectivity index (χ4v) is 2.11. The Morgan fingerprint density at radius 1 is 1.39 bits per heavy atom. The Balaban J connectivity index is 2.18. The minimum Gasteiger partial charge on any atom is -0.478 e. The first-order chi connectivity index (χ1) is 8.65. The van der Waals surface area contributed by atoms with Crippen LogP contribution in [0, 0.1) is 0 Å². The zero-order chi connectivity index (χ0) is 13.1. The van der Waals surface area contributed by atoms with Crippen molar-refractivity contribution in [3.05, 3.63) is 23.9 Å². The summed E-state index contributed by atoms with van der Waals surface area (Å²) >= 11 is 0. The molecule has 1 fully saturated rings. The third-order valence-corrected chi connectivity index (χ3v) is 3.14. The van der Waals surface area contributed by atoms with E-state index >= 15 is 0 Å². The van der Waals surface area contributed by atoms with E-state index < -0.39 is 5.97 Å². The molecule has 0 spiro atoms. The molecule has 0 aliphatic carbocycles. The first-order valence-corrected chi connectivity index (χ1v) is 5.65. The van der Waals surface area contributed by atoms with Crippen molar-refractivity contribution < 1.29 is 19.4 Å². The van der Waals surface area contributed by atoms with Gasteiger partial charge in [-0.15, -0.1) is 0 Å². The fourth-order valence-electron chi connectivity index (χ4n) is 2.11. The number of methoxy groups -OCH3 is 2. The highest BCUT2D eigenvalue weighted by Gasteiger charge is 2.33. The first-order valence-electron chi connectivity index (χ1n) is 5.65. The van der Waals surface area contributed by atoms with Crippen LogP contribution >= 0.6 is 0 Å². The van der Waals surface area contributed by atoms with Crippen molar-refractivity contribution in [2.45, 2.75) is 12.2 Å². The molecule has 0 aromatic carbocycles. The first kappa shape index (κ1) is 12.8. The summed E-state index contributed by atoms with van der Waals surface area (Å²) in [4.78, 5) is 17.1. The van der Waals surface area contributed by atoms with Crippen LogP contribution in [-0.4, -0.2) is 55.6 Å². The molecule has 0 saturated carbocycles. The standard InChI is InChI=1S/C12H16N2O4/c1-17-9-6-14(7-10(9)18-2)11-5-8(12(15)16)3-4-13-11/h3-5,9-10H,6-7H2,1-2H3,(H,15,16). The monoisotopic (exact) mass is 252 g/mol. The van der Waals surface area contributed by atoms with Gasteiger partial charge in [0.25, 0.3) is 0 Å². The molecule has 0 amide bonds. The number of anilines is 1. The summed E-state index contributed by atoms with van der Waals surface area (Å²) in [5.41, 5.74) is 0.231.